The molecular weight excluding hydrogens is 280 g/mol. The summed E-state index contributed by atoms with van der Waals surface area (Å²) in [7, 11) is -0.448. The number of sulfonamides is 1. The van der Waals surface area contributed by atoms with Crippen LogP contribution >= 0.6 is 0 Å². The van der Waals surface area contributed by atoms with Gasteiger partial charge in [-0.3, -0.25) is 4.79 Å². The zero-order chi connectivity index (χ0) is 15.2. The van der Waals surface area contributed by atoms with Crippen LogP contribution in [0.5, 0.6) is 5.75 Å². The predicted octanol–water partition coefficient (Wildman–Crippen LogP) is 0.842. The quantitative estimate of drug-likeness (QED) is 0.757. The molecule has 0 saturated carbocycles. The minimum absolute atomic E-state index is 0.0268. The van der Waals surface area contributed by atoms with Gasteiger partial charge < -0.3 is 10.1 Å². The average molecular weight is 300 g/mol. The van der Waals surface area contributed by atoms with E-state index in [0.717, 1.165) is 4.31 Å². The first kappa shape index (κ1) is 16.5. The Morgan fingerprint density at radius 3 is 2.35 bits per heavy atom. The van der Waals surface area contributed by atoms with E-state index in [9.17, 15) is 13.2 Å². The lowest BCUT2D eigenvalue weighted by atomic mass is 10.3. The van der Waals surface area contributed by atoms with Gasteiger partial charge in [0.05, 0.1) is 11.4 Å². The molecule has 0 saturated heterocycles. The maximum atomic E-state index is 11.8. The molecule has 112 valence electrons. The minimum Gasteiger partial charge on any atom is -0.492 e. The second-order valence-electron chi connectivity index (χ2n) is 4.31. The molecular formula is C13H20N2O4S. The number of hydrogen-bond acceptors (Lipinski definition) is 4. The van der Waals surface area contributed by atoms with Crippen molar-refractivity contribution in [1.29, 1.82) is 0 Å². The monoisotopic (exact) mass is 300 g/mol. The van der Waals surface area contributed by atoms with Crippen molar-refractivity contribution in [2.45, 2.75) is 18.2 Å². The van der Waals surface area contributed by atoms with Gasteiger partial charge in [0.1, 0.15) is 12.4 Å². The standard InChI is InChI=1S/C13H20N2O4S/c1-4-13(16)14-9-10-19-11-5-7-12(8-6-11)20(17,18)15(2)3/h5-8H,4,9-10H2,1-3H3,(H,14,16). The molecule has 0 heterocycles. The number of ether oxygens (including phenoxy) is 1. The first-order chi connectivity index (χ1) is 9.37. The Labute approximate surface area is 119 Å². The van der Waals surface area contributed by atoms with Crippen LogP contribution in [0.1, 0.15) is 13.3 Å². The summed E-state index contributed by atoms with van der Waals surface area (Å²) < 4.78 is 30.3. The fourth-order valence-corrected chi connectivity index (χ4v) is 2.30. The Hall–Kier alpha value is -1.60. The van der Waals surface area contributed by atoms with Gasteiger partial charge in [-0.05, 0) is 24.3 Å². The van der Waals surface area contributed by atoms with E-state index in [4.69, 9.17) is 4.74 Å². The van der Waals surface area contributed by atoms with E-state index in [1.165, 1.54) is 26.2 Å². The van der Waals surface area contributed by atoms with Gasteiger partial charge in [0, 0.05) is 20.5 Å². The lowest BCUT2D eigenvalue weighted by Crippen LogP contribution is -2.27. The normalized spacial score (nSPS) is 11.4. The highest BCUT2D eigenvalue weighted by atomic mass is 32.2. The Bertz CT molecular complexity index is 538. The molecule has 7 heteroatoms. The third kappa shape index (κ3) is 4.50. The predicted molar refractivity (Wildman–Crippen MR) is 76.1 cm³/mol. The van der Waals surface area contributed by atoms with Crippen molar-refractivity contribution in [3.63, 3.8) is 0 Å². The van der Waals surface area contributed by atoms with E-state index in [1.807, 2.05) is 0 Å². The third-order valence-electron chi connectivity index (χ3n) is 2.62. The van der Waals surface area contributed by atoms with E-state index in [-0.39, 0.29) is 10.8 Å². The van der Waals surface area contributed by atoms with Crippen molar-refractivity contribution in [3.05, 3.63) is 24.3 Å². The van der Waals surface area contributed by atoms with Crippen LogP contribution in [0.25, 0.3) is 0 Å². The Kier molecular flexibility index (Phi) is 5.97. The molecule has 0 aromatic heterocycles. The fourth-order valence-electron chi connectivity index (χ4n) is 1.40. The topological polar surface area (TPSA) is 75.7 Å². The van der Waals surface area contributed by atoms with Gasteiger partial charge in [-0.15, -0.1) is 0 Å². The summed E-state index contributed by atoms with van der Waals surface area (Å²) in [6, 6.07) is 6.18. The number of rotatable bonds is 7. The molecule has 0 spiro atoms. The summed E-state index contributed by atoms with van der Waals surface area (Å²) >= 11 is 0. The Balaban J connectivity index is 2.54. The molecule has 1 aromatic carbocycles. The van der Waals surface area contributed by atoms with Gasteiger partial charge in [-0.2, -0.15) is 0 Å². The summed E-state index contributed by atoms with van der Waals surface area (Å²) in [6.45, 7) is 2.54. The van der Waals surface area contributed by atoms with Crippen molar-refractivity contribution in [2.24, 2.45) is 0 Å². The van der Waals surface area contributed by atoms with Crippen LogP contribution in [0.2, 0.25) is 0 Å². The van der Waals surface area contributed by atoms with Gasteiger partial charge in [0.15, 0.2) is 0 Å². The van der Waals surface area contributed by atoms with E-state index in [0.29, 0.717) is 25.3 Å². The van der Waals surface area contributed by atoms with Crippen LogP contribution in [0.4, 0.5) is 0 Å². The number of benzene rings is 1. The maximum absolute atomic E-state index is 11.8. The van der Waals surface area contributed by atoms with E-state index < -0.39 is 10.0 Å². The van der Waals surface area contributed by atoms with E-state index in [2.05, 4.69) is 5.32 Å². The molecule has 0 atom stereocenters. The highest BCUT2D eigenvalue weighted by Gasteiger charge is 2.16. The van der Waals surface area contributed by atoms with Crippen LogP contribution in [0.15, 0.2) is 29.2 Å². The van der Waals surface area contributed by atoms with Crippen molar-refractivity contribution >= 4 is 15.9 Å². The van der Waals surface area contributed by atoms with Crippen LogP contribution < -0.4 is 10.1 Å². The van der Waals surface area contributed by atoms with Crippen molar-refractivity contribution < 1.29 is 17.9 Å². The molecule has 6 nitrogen and oxygen atoms in total. The summed E-state index contributed by atoms with van der Waals surface area (Å²) in [6.07, 6.45) is 0.442. The summed E-state index contributed by atoms with van der Waals surface area (Å²) in [5.74, 6) is 0.537. The van der Waals surface area contributed by atoms with Crippen LogP contribution in [0.3, 0.4) is 0 Å². The van der Waals surface area contributed by atoms with Crippen molar-refractivity contribution in [3.8, 4) is 5.75 Å². The van der Waals surface area contributed by atoms with Crippen LogP contribution in [-0.2, 0) is 14.8 Å². The molecule has 1 aromatic rings. The molecule has 0 fully saturated rings. The molecule has 0 aliphatic carbocycles. The second-order valence-corrected chi connectivity index (χ2v) is 6.46. The Morgan fingerprint density at radius 2 is 1.85 bits per heavy atom. The van der Waals surface area contributed by atoms with Crippen molar-refractivity contribution in [2.75, 3.05) is 27.2 Å². The lowest BCUT2D eigenvalue weighted by molar-refractivity contribution is -0.120. The molecule has 0 radical (unpaired) electrons. The number of hydrogen-bond donors (Lipinski definition) is 1. The Morgan fingerprint density at radius 1 is 1.25 bits per heavy atom. The average Bonchev–Trinajstić information content (AvgIpc) is 2.43. The van der Waals surface area contributed by atoms with Gasteiger partial charge >= 0.3 is 0 Å². The lowest BCUT2D eigenvalue weighted by Gasteiger charge is -2.12. The van der Waals surface area contributed by atoms with E-state index >= 15 is 0 Å². The van der Waals surface area contributed by atoms with Crippen molar-refractivity contribution in [1.82, 2.24) is 9.62 Å². The van der Waals surface area contributed by atoms with Gasteiger partial charge in [-0.1, -0.05) is 6.92 Å². The van der Waals surface area contributed by atoms with E-state index in [1.54, 1.807) is 19.1 Å². The molecule has 20 heavy (non-hydrogen) atoms. The zero-order valence-electron chi connectivity index (χ0n) is 11.9. The molecule has 0 aliphatic rings. The number of nitrogens with one attached hydrogen (secondary N) is 1. The summed E-state index contributed by atoms with van der Waals surface area (Å²) in [4.78, 5) is 11.2. The first-order valence-electron chi connectivity index (χ1n) is 6.30. The molecule has 1 amide bonds. The van der Waals surface area contributed by atoms with Gasteiger partial charge in [0.25, 0.3) is 0 Å². The highest BCUT2D eigenvalue weighted by molar-refractivity contribution is 7.89. The molecule has 1 N–H and O–H groups in total. The van der Waals surface area contributed by atoms with Gasteiger partial charge in [0.2, 0.25) is 15.9 Å². The van der Waals surface area contributed by atoms with Crippen LogP contribution in [0, 0.1) is 0 Å². The molecule has 0 aliphatic heterocycles. The molecule has 0 bridgehead atoms. The largest absolute Gasteiger partial charge is 0.492 e. The van der Waals surface area contributed by atoms with Gasteiger partial charge in [-0.25, -0.2) is 12.7 Å². The number of nitrogens with zero attached hydrogens (tertiary/aromatic N) is 1. The second kappa shape index (κ2) is 7.25. The molecule has 1 rings (SSSR count). The SMILES string of the molecule is CCC(=O)NCCOc1ccc(S(=O)(=O)N(C)C)cc1. The molecule has 0 unspecified atom stereocenters. The first-order valence-corrected chi connectivity index (χ1v) is 7.74. The van der Waals surface area contributed by atoms with Crippen LogP contribution in [-0.4, -0.2) is 45.9 Å². The number of amides is 1. The maximum Gasteiger partial charge on any atom is 0.242 e. The summed E-state index contributed by atoms with van der Waals surface area (Å²) in [5.41, 5.74) is 0. The third-order valence-corrected chi connectivity index (χ3v) is 4.45. The fraction of sp³-hybridized carbons (Fsp3) is 0.462. The summed E-state index contributed by atoms with van der Waals surface area (Å²) in [5, 5.41) is 2.69. The zero-order valence-corrected chi connectivity index (χ0v) is 12.7. The number of carbonyl (C=O) groups excluding carboxylic acids is 1. The smallest absolute Gasteiger partial charge is 0.242 e. The number of carbonyl (C=O) groups is 1. The minimum atomic E-state index is -3.41. The highest BCUT2D eigenvalue weighted by Crippen LogP contribution is 2.17.